The van der Waals surface area contributed by atoms with Gasteiger partial charge >= 0.3 is 0 Å². The third-order valence-corrected chi connectivity index (χ3v) is 4.38. The van der Waals surface area contributed by atoms with Crippen LogP contribution in [0.5, 0.6) is 0 Å². The Labute approximate surface area is 117 Å². The molecule has 0 atom stereocenters. The van der Waals surface area contributed by atoms with E-state index in [2.05, 4.69) is 27.7 Å². The van der Waals surface area contributed by atoms with Crippen molar-refractivity contribution in [1.29, 1.82) is 0 Å². The molecule has 0 spiro atoms. The second-order valence-electron chi connectivity index (χ2n) is 5.95. The Bertz CT molecular complexity index is 138. The Balaban J connectivity index is 4.20. The van der Waals surface area contributed by atoms with E-state index in [1.165, 1.54) is 88.4 Å². The third-order valence-electron chi connectivity index (χ3n) is 4.38. The van der Waals surface area contributed by atoms with Crippen molar-refractivity contribution >= 4 is 0 Å². The lowest BCUT2D eigenvalue weighted by Gasteiger charge is -2.38. The first-order chi connectivity index (χ1) is 8.74. The van der Waals surface area contributed by atoms with Crippen LogP contribution in [0.3, 0.4) is 0 Å². The van der Waals surface area contributed by atoms with E-state index in [0.717, 1.165) is 0 Å². The van der Waals surface area contributed by atoms with Crippen LogP contribution in [0, 0.1) is 0 Å². The smallest absolute Gasteiger partial charge is 0.0786 e. The molecule has 0 N–H and O–H groups in total. The first-order valence-electron chi connectivity index (χ1n) is 8.59. The highest BCUT2D eigenvalue weighted by Crippen LogP contribution is 2.15. The molecular formula is C17H38N+. The van der Waals surface area contributed by atoms with Gasteiger partial charge in [0.25, 0.3) is 0 Å². The average Bonchev–Trinajstić information content (AvgIpc) is 2.39. The van der Waals surface area contributed by atoms with Crippen molar-refractivity contribution in [3.63, 3.8) is 0 Å². The Morgan fingerprint density at radius 1 is 0.500 bits per heavy atom. The maximum absolute atomic E-state index is 2.41. The lowest BCUT2D eigenvalue weighted by atomic mass is 10.1. The molecule has 0 aromatic rings. The minimum atomic E-state index is 1.34. The molecule has 0 radical (unpaired) electrons. The molecule has 18 heavy (non-hydrogen) atoms. The summed E-state index contributed by atoms with van der Waals surface area (Å²) >= 11 is 0. The van der Waals surface area contributed by atoms with Gasteiger partial charge in [0.2, 0.25) is 0 Å². The predicted molar refractivity (Wildman–Crippen MR) is 84.0 cm³/mol. The molecule has 0 aliphatic carbocycles. The summed E-state index contributed by atoms with van der Waals surface area (Å²) in [4.78, 5) is 0. The van der Waals surface area contributed by atoms with Gasteiger partial charge in [0.15, 0.2) is 0 Å². The van der Waals surface area contributed by atoms with Crippen LogP contribution in [0.15, 0.2) is 0 Å². The van der Waals surface area contributed by atoms with Crippen LogP contribution in [0.1, 0.15) is 85.5 Å². The summed E-state index contributed by atoms with van der Waals surface area (Å²) in [6.45, 7) is 15.0. The van der Waals surface area contributed by atoms with E-state index < -0.39 is 0 Å². The first kappa shape index (κ1) is 18.0. The number of nitrogens with zero attached hydrogens (tertiary/aromatic N) is 1. The van der Waals surface area contributed by atoms with Gasteiger partial charge in [-0.05, 0) is 45.4 Å². The summed E-state index contributed by atoms with van der Waals surface area (Å²) in [5.74, 6) is 0. The molecule has 1 nitrogen and oxygen atoms in total. The molecule has 1 heteroatoms. The fraction of sp³-hybridized carbons (Fsp3) is 1.00. The molecule has 0 aliphatic rings. The first-order valence-corrected chi connectivity index (χ1v) is 8.59. The molecule has 0 fully saturated rings. The van der Waals surface area contributed by atoms with Gasteiger partial charge in [0.05, 0.1) is 26.2 Å². The van der Waals surface area contributed by atoms with Gasteiger partial charge < -0.3 is 4.48 Å². The Kier molecular flexibility index (Phi) is 12.0. The lowest BCUT2D eigenvalue weighted by Crippen LogP contribution is -2.50. The number of quaternary nitrogens is 1. The molecule has 0 rings (SSSR count). The van der Waals surface area contributed by atoms with E-state index in [1.807, 2.05) is 0 Å². The highest BCUT2D eigenvalue weighted by atomic mass is 15.3. The molecule has 0 saturated carbocycles. The monoisotopic (exact) mass is 256 g/mol. The van der Waals surface area contributed by atoms with Crippen LogP contribution in [-0.2, 0) is 0 Å². The zero-order valence-corrected chi connectivity index (χ0v) is 13.6. The second-order valence-corrected chi connectivity index (χ2v) is 5.95. The molecule has 0 bridgehead atoms. The SMILES string of the molecule is CCCCC[N+](CC)(CCCCC)CCCCC. The largest absolute Gasteiger partial charge is 0.324 e. The molecule has 0 aromatic heterocycles. The summed E-state index contributed by atoms with van der Waals surface area (Å²) in [6.07, 6.45) is 12.6. The fourth-order valence-corrected chi connectivity index (χ4v) is 2.90. The van der Waals surface area contributed by atoms with E-state index >= 15 is 0 Å². The molecule has 0 amide bonds. The molecule has 0 aromatic carbocycles. The Hall–Kier alpha value is -0.0400. The van der Waals surface area contributed by atoms with Crippen molar-refractivity contribution in [3.05, 3.63) is 0 Å². The Morgan fingerprint density at radius 2 is 0.833 bits per heavy atom. The highest BCUT2D eigenvalue weighted by molar-refractivity contribution is 4.49. The summed E-state index contributed by atoms with van der Waals surface area (Å²) in [6, 6.07) is 0. The summed E-state index contributed by atoms with van der Waals surface area (Å²) < 4.78 is 1.40. The maximum atomic E-state index is 2.41. The van der Waals surface area contributed by atoms with Gasteiger partial charge in [0.1, 0.15) is 0 Å². The number of hydrogen-bond donors (Lipinski definition) is 0. The normalized spacial score (nSPS) is 12.0. The third kappa shape index (κ3) is 8.13. The predicted octanol–water partition coefficient (Wildman–Crippen LogP) is 5.39. The minimum absolute atomic E-state index is 1.34. The molecule has 0 unspecified atom stereocenters. The van der Waals surface area contributed by atoms with Crippen molar-refractivity contribution in [2.24, 2.45) is 0 Å². The molecular weight excluding hydrogens is 218 g/mol. The maximum Gasteiger partial charge on any atom is 0.0786 e. The minimum Gasteiger partial charge on any atom is -0.324 e. The highest BCUT2D eigenvalue weighted by Gasteiger charge is 2.23. The van der Waals surface area contributed by atoms with Gasteiger partial charge in [-0.3, -0.25) is 0 Å². The van der Waals surface area contributed by atoms with Crippen LogP contribution in [0.4, 0.5) is 0 Å². The van der Waals surface area contributed by atoms with Crippen molar-refractivity contribution in [2.75, 3.05) is 26.2 Å². The van der Waals surface area contributed by atoms with Gasteiger partial charge in [-0.25, -0.2) is 0 Å². The van der Waals surface area contributed by atoms with Crippen molar-refractivity contribution < 1.29 is 4.48 Å². The van der Waals surface area contributed by atoms with E-state index in [4.69, 9.17) is 0 Å². The molecule has 0 heterocycles. The van der Waals surface area contributed by atoms with Gasteiger partial charge in [-0.15, -0.1) is 0 Å². The zero-order chi connectivity index (χ0) is 13.7. The molecule has 110 valence electrons. The standard InChI is InChI=1S/C17H38N/c1-5-9-12-15-18(8-4,16-13-10-6-2)17-14-11-7-3/h5-17H2,1-4H3/q+1. The second kappa shape index (κ2) is 12.0. The van der Waals surface area contributed by atoms with Crippen molar-refractivity contribution in [1.82, 2.24) is 0 Å². The zero-order valence-electron chi connectivity index (χ0n) is 13.6. The van der Waals surface area contributed by atoms with Crippen LogP contribution in [-0.4, -0.2) is 30.7 Å². The topological polar surface area (TPSA) is 0 Å². The van der Waals surface area contributed by atoms with Crippen LogP contribution >= 0.6 is 0 Å². The van der Waals surface area contributed by atoms with Gasteiger partial charge in [0, 0.05) is 0 Å². The summed E-state index contributed by atoms with van der Waals surface area (Å²) in [5, 5.41) is 0. The summed E-state index contributed by atoms with van der Waals surface area (Å²) in [5.41, 5.74) is 0. The molecule has 0 saturated heterocycles. The fourth-order valence-electron chi connectivity index (χ4n) is 2.90. The van der Waals surface area contributed by atoms with E-state index in [-0.39, 0.29) is 0 Å². The summed E-state index contributed by atoms with van der Waals surface area (Å²) in [7, 11) is 0. The van der Waals surface area contributed by atoms with Crippen LogP contribution in [0.25, 0.3) is 0 Å². The van der Waals surface area contributed by atoms with Crippen LogP contribution < -0.4 is 0 Å². The number of hydrogen-bond acceptors (Lipinski definition) is 0. The Morgan fingerprint density at radius 3 is 1.06 bits per heavy atom. The lowest BCUT2D eigenvalue weighted by molar-refractivity contribution is -0.927. The average molecular weight is 256 g/mol. The number of rotatable bonds is 13. The van der Waals surface area contributed by atoms with E-state index in [0.29, 0.717) is 0 Å². The van der Waals surface area contributed by atoms with Gasteiger partial charge in [-0.2, -0.15) is 0 Å². The van der Waals surface area contributed by atoms with Crippen molar-refractivity contribution in [2.45, 2.75) is 85.5 Å². The quantitative estimate of drug-likeness (QED) is 0.306. The van der Waals surface area contributed by atoms with Crippen LogP contribution in [0.2, 0.25) is 0 Å². The van der Waals surface area contributed by atoms with Crippen molar-refractivity contribution in [3.8, 4) is 0 Å². The van der Waals surface area contributed by atoms with Gasteiger partial charge in [-0.1, -0.05) is 40.0 Å². The van der Waals surface area contributed by atoms with E-state index in [1.54, 1.807) is 0 Å². The molecule has 0 aliphatic heterocycles. The number of unbranched alkanes of at least 4 members (excludes halogenated alkanes) is 6. The van der Waals surface area contributed by atoms with E-state index in [9.17, 15) is 0 Å².